The Balaban J connectivity index is 2.31. The highest BCUT2D eigenvalue weighted by Crippen LogP contribution is 2.11. The van der Waals surface area contributed by atoms with Gasteiger partial charge in [-0.3, -0.25) is 14.4 Å². The van der Waals surface area contributed by atoms with Crippen LogP contribution in [0.1, 0.15) is 31.7 Å². The number of rotatable bonds is 8. The number of aromatic hydroxyl groups is 1. The van der Waals surface area contributed by atoms with Gasteiger partial charge in [-0.1, -0.05) is 12.1 Å². The Morgan fingerprint density at radius 1 is 1.05 bits per heavy atom. The summed E-state index contributed by atoms with van der Waals surface area (Å²) in [6, 6.07) is 6.55. The molecule has 20 heavy (non-hydrogen) atoms. The van der Waals surface area contributed by atoms with E-state index in [9.17, 15) is 14.4 Å². The summed E-state index contributed by atoms with van der Waals surface area (Å²) in [6.07, 6.45) is 0.154. The molecule has 0 bridgehead atoms. The van der Waals surface area contributed by atoms with Gasteiger partial charge in [0.2, 0.25) is 0 Å². The van der Waals surface area contributed by atoms with Crippen molar-refractivity contribution in [2.45, 2.75) is 32.6 Å². The normalized spacial score (nSPS) is 10.1. The number of ether oxygens (including phenoxy) is 1. The van der Waals surface area contributed by atoms with Crippen LogP contribution in [-0.4, -0.2) is 29.2 Å². The van der Waals surface area contributed by atoms with Gasteiger partial charge < -0.3 is 9.84 Å². The van der Waals surface area contributed by atoms with Crippen LogP contribution < -0.4 is 0 Å². The first-order valence-corrected chi connectivity index (χ1v) is 6.48. The van der Waals surface area contributed by atoms with Crippen molar-refractivity contribution < 1.29 is 24.2 Å². The maximum atomic E-state index is 11.6. The summed E-state index contributed by atoms with van der Waals surface area (Å²) < 4.78 is 4.64. The Labute approximate surface area is 117 Å². The minimum absolute atomic E-state index is 0.171. The standard InChI is InChI=1S/C15H18O5/c1-2-20-15(19)10-14(18)9-13(17)8-5-11-3-6-12(16)7-4-11/h3-4,6-7,16H,2,5,8-10H2,1H3. The molecule has 0 aliphatic rings. The first-order chi connectivity index (χ1) is 9.51. The average molecular weight is 278 g/mol. The maximum Gasteiger partial charge on any atom is 0.313 e. The minimum Gasteiger partial charge on any atom is -0.508 e. The summed E-state index contributed by atoms with van der Waals surface area (Å²) in [6.45, 7) is 1.88. The molecule has 1 aromatic rings. The van der Waals surface area contributed by atoms with Crippen molar-refractivity contribution >= 4 is 17.5 Å². The molecule has 5 nitrogen and oxygen atoms in total. The van der Waals surface area contributed by atoms with Crippen molar-refractivity contribution in [3.05, 3.63) is 29.8 Å². The number of aryl methyl sites for hydroxylation is 1. The third-order valence-electron chi connectivity index (χ3n) is 2.67. The number of hydrogen-bond acceptors (Lipinski definition) is 5. The lowest BCUT2D eigenvalue weighted by atomic mass is 10.0. The molecule has 0 unspecified atom stereocenters. The lowest BCUT2D eigenvalue weighted by Gasteiger charge is -2.02. The summed E-state index contributed by atoms with van der Waals surface area (Å²) in [5.41, 5.74) is 0.911. The van der Waals surface area contributed by atoms with Crippen molar-refractivity contribution in [2.24, 2.45) is 0 Å². The Hall–Kier alpha value is -2.17. The van der Waals surface area contributed by atoms with Crippen LogP contribution in [0.25, 0.3) is 0 Å². The number of ketones is 2. The summed E-state index contributed by atoms with van der Waals surface area (Å²) in [4.78, 5) is 34.1. The van der Waals surface area contributed by atoms with Crippen LogP contribution in [0.15, 0.2) is 24.3 Å². The number of esters is 1. The van der Waals surface area contributed by atoms with Gasteiger partial charge >= 0.3 is 5.97 Å². The fourth-order valence-corrected chi connectivity index (χ4v) is 1.69. The molecule has 0 spiro atoms. The summed E-state index contributed by atoms with van der Waals surface area (Å²) >= 11 is 0. The smallest absolute Gasteiger partial charge is 0.313 e. The number of Topliss-reactive ketones (excluding diaryl/α,β-unsaturated/α-hetero) is 2. The van der Waals surface area contributed by atoms with Crippen molar-refractivity contribution in [1.29, 1.82) is 0 Å². The zero-order valence-electron chi connectivity index (χ0n) is 11.4. The number of phenolic OH excluding ortho intramolecular Hbond substituents is 1. The molecule has 0 fully saturated rings. The van der Waals surface area contributed by atoms with Crippen LogP contribution in [0.2, 0.25) is 0 Å². The van der Waals surface area contributed by atoms with E-state index in [2.05, 4.69) is 4.74 Å². The van der Waals surface area contributed by atoms with E-state index in [1.807, 2.05) is 0 Å². The van der Waals surface area contributed by atoms with Crippen molar-refractivity contribution in [3.8, 4) is 5.75 Å². The lowest BCUT2D eigenvalue weighted by Crippen LogP contribution is -2.15. The fourth-order valence-electron chi connectivity index (χ4n) is 1.69. The molecule has 5 heteroatoms. The van der Waals surface area contributed by atoms with Crippen LogP contribution in [0, 0.1) is 0 Å². The van der Waals surface area contributed by atoms with E-state index in [0.29, 0.717) is 6.42 Å². The van der Waals surface area contributed by atoms with E-state index < -0.39 is 11.8 Å². The van der Waals surface area contributed by atoms with Crippen LogP contribution in [-0.2, 0) is 25.5 Å². The van der Waals surface area contributed by atoms with Gasteiger partial charge in [-0.25, -0.2) is 0 Å². The van der Waals surface area contributed by atoms with Gasteiger partial charge in [-0.15, -0.1) is 0 Å². The summed E-state index contributed by atoms with van der Waals surface area (Å²) in [7, 11) is 0. The molecule has 1 rings (SSSR count). The average Bonchev–Trinajstić information content (AvgIpc) is 2.38. The first kappa shape index (κ1) is 15.9. The third-order valence-corrected chi connectivity index (χ3v) is 2.67. The number of benzene rings is 1. The molecule has 1 N–H and O–H groups in total. The van der Waals surface area contributed by atoms with Crippen LogP contribution in [0.5, 0.6) is 5.75 Å². The molecular formula is C15H18O5. The first-order valence-electron chi connectivity index (χ1n) is 6.48. The highest BCUT2D eigenvalue weighted by Gasteiger charge is 2.14. The summed E-state index contributed by atoms with van der Waals surface area (Å²) in [5.74, 6) is -1.04. The monoisotopic (exact) mass is 278 g/mol. The molecular weight excluding hydrogens is 260 g/mol. The molecule has 0 heterocycles. The van der Waals surface area contributed by atoms with Crippen LogP contribution in [0.3, 0.4) is 0 Å². The number of hydrogen-bond donors (Lipinski definition) is 1. The van der Waals surface area contributed by atoms with E-state index >= 15 is 0 Å². The highest BCUT2D eigenvalue weighted by molar-refractivity contribution is 6.05. The van der Waals surface area contributed by atoms with Crippen molar-refractivity contribution in [1.82, 2.24) is 0 Å². The number of carbonyl (C=O) groups is 3. The Bertz CT molecular complexity index is 476. The molecule has 0 amide bonds. The van der Waals surface area contributed by atoms with E-state index in [4.69, 9.17) is 5.11 Å². The predicted molar refractivity (Wildman–Crippen MR) is 72.3 cm³/mol. The molecule has 0 radical (unpaired) electrons. The quantitative estimate of drug-likeness (QED) is 0.579. The Morgan fingerprint density at radius 2 is 1.70 bits per heavy atom. The van der Waals surface area contributed by atoms with Gasteiger partial charge in [-0.2, -0.15) is 0 Å². The lowest BCUT2D eigenvalue weighted by molar-refractivity contribution is -0.145. The van der Waals surface area contributed by atoms with Gasteiger partial charge in [0, 0.05) is 6.42 Å². The van der Waals surface area contributed by atoms with E-state index in [1.54, 1.807) is 31.2 Å². The van der Waals surface area contributed by atoms with E-state index in [1.165, 1.54) is 0 Å². The second kappa shape index (κ2) is 8.09. The van der Waals surface area contributed by atoms with Crippen LogP contribution in [0.4, 0.5) is 0 Å². The molecule has 108 valence electrons. The second-order valence-corrected chi connectivity index (χ2v) is 4.40. The summed E-state index contributed by atoms with van der Waals surface area (Å²) in [5, 5.41) is 9.13. The maximum absolute atomic E-state index is 11.6. The SMILES string of the molecule is CCOC(=O)CC(=O)CC(=O)CCc1ccc(O)cc1. The topological polar surface area (TPSA) is 80.7 Å². The molecule has 1 aromatic carbocycles. The van der Waals surface area contributed by atoms with Gasteiger partial charge in [0.15, 0.2) is 5.78 Å². The largest absolute Gasteiger partial charge is 0.508 e. The molecule has 0 aliphatic heterocycles. The second-order valence-electron chi connectivity index (χ2n) is 4.40. The van der Waals surface area contributed by atoms with Gasteiger partial charge in [0.25, 0.3) is 0 Å². The zero-order chi connectivity index (χ0) is 15.0. The van der Waals surface area contributed by atoms with Crippen molar-refractivity contribution in [2.75, 3.05) is 6.61 Å². The van der Waals surface area contributed by atoms with E-state index in [0.717, 1.165) is 5.56 Å². The Kier molecular flexibility index (Phi) is 6.43. The Morgan fingerprint density at radius 3 is 2.30 bits per heavy atom. The number of carbonyl (C=O) groups excluding carboxylic acids is 3. The molecule has 0 aliphatic carbocycles. The molecule has 0 saturated heterocycles. The van der Waals surface area contributed by atoms with E-state index in [-0.39, 0.29) is 37.4 Å². The van der Waals surface area contributed by atoms with Crippen LogP contribution >= 0.6 is 0 Å². The van der Waals surface area contributed by atoms with Gasteiger partial charge in [-0.05, 0) is 31.0 Å². The fraction of sp³-hybridized carbons (Fsp3) is 0.400. The third kappa shape index (κ3) is 6.13. The predicted octanol–water partition coefficient (Wildman–Crippen LogP) is 1.81. The molecule has 0 atom stereocenters. The molecule has 0 aromatic heterocycles. The highest BCUT2D eigenvalue weighted by atomic mass is 16.5. The molecule has 0 saturated carbocycles. The number of phenols is 1. The van der Waals surface area contributed by atoms with Crippen molar-refractivity contribution in [3.63, 3.8) is 0 Å². The van der Waals surface area contributed by atoms with Gasteiger partial charge in [0.05, 0.1) is 13.0 Å². The van der Waals surface area contributed by atoms with Gasteiger partial charge in [0.1, 0.15) is 18.0 Å². The minimum atomic E-state index is -0.594. The zero-order valence-corrected chi connectivity index (χ0v) is 11.4.